The Hall–Kier alpha value is -0.630. The standard InChI is InChI=1S/C12H13BrIN3O/c1-3-4-7-10(14)12(15-2)17-11(16-7)8-5-6-9(13)18-8/h5-6H,3-4H2,1-2H3,(H,15,16,17). The summed E-state index contributed by atoms with van der Waals surface area (Å²) in [6.45, 7) is 2.14. The molecule has 0 unspecified atom stereocenters. The number of hydrogen-bond donors (Lipinski definition) is 1. The van der Waals surface area contributed by atoms with E-state index in [1.54, 1.807) is 0 Å². The maximum absolute atomic E-state index is 5.50. The molecule has 0 saturated carbocycles. The van der Waals surface area contributed by atoms with Crippen LogP contribution in [-0.4, -0.2) is 17.0 Å². The van der Waals surface area contributed by atoms with Gasteiger partial charge in [0.2, 0.25) is 0 Å². The van der Waals surface area contributed by atoms with E-state index in [4.69, 9.17) is 4.42 Å². The lowest BCUT2D eigenvalue weighted by Crippen LogP contribution is -2.05. The number of nitrogens with one attached hydrogen (secondary N) is 1. The van der Waals surface area contributed by atoms with Crippen molar-refractivity contribution in [3.63, 3.8) is 0 Å². The Kier molecular flexibility index (Phi) is 4.60. The molecule has 18 heavy (non-hydrogen) atoms. The van der Waals surface area contributed by atoms with Gasteiger partial charge in [0.1, 0.15) is 5.82 Å². The van der Waals surface area contributed by atoms with Gasteiger partial charge in [-0.3, -0.25) is 0 Å². The molecule has 0 spiro atoms. The zero-order chi connectivity index (χ0) is 13.1. The maximum atomic E-state index is 5.50. The summed E-state index contributed by atoms with van der Waals surface area (Å²) < 4.78 is 7.26. The van der Waals surface area contributed by atoms with Gasteiger partial charge in [-0.25, -0.2) is 9.97 Å². The van der Waals surface area contributed by atoms with Crippen molar-refractivity contribution in [1.29, 1.82) is 0 Å². The predicted molar refractivity (Wildman–Crippen MR) is 83.7 cm³/mol. The zero-order valence-corrected chi connectivity index (χ0v) is 13.9. The van der Waals surface area contributed by atoms with Gasteiger partial charge in [-0.1, -0.05) is 13.3 Å². The molecule has 2 aromatic heterocycles. The van der Waals surface area contributed by atoms with Gasteiger partial charge in [-0.15, -0.1) is 0 Å². The molecule has 6 heteroatoms. The monoisotopic (exact) mass is 421 g/mol. The summed E-state index contributed by atoms with van der Waals surface area (Å²) in [4.78, 5) is 9.05. The van der Waals surface area contributed by atoms with Crippen LogP contribution in [0.15, 0.2) is 21.2 Å². The van der Waals surface area contributed by atoms with Crippen LogP contribution in [0.4, 0.5) is 5.82 Å². The highest BCUT2D eigenvalue weighted by atomic mass is 127. The highest BCUT2D eigenvalue weighted by Gasteiger charge is 2.14. The van der Waals surface area contributed by atoms with Crippen LogP contribution in [0.5, 0.6) is 0 Å². The molecule has 0 amide bonds. The number of hydrogen-bond acceptors (Lipinski definition) is 4. The first-order valence-electron chi connectivity index (χ1n) is 5.65. The molecule has 0 fully saturated rings. The predicted octanol–water partition coefficient (Wildman–Crippen LogP) is 4.10. The van der Waals surface area contributed by atoms with Gasteiger partial charge >= 0.3 is 0 Å². The lowest BCUT2D eigenvalue weighted by Gasteiger charge is -2.09. The van der Waals surface area contributed by atoms with Gasteiger partial charge in [-0.05, 0) is 57.1 Å². The van der Waals surface area contributed by atoms with Crippen LogP contribution in [0.25, 0.3) is 11.6 Å². The van der Waals surface area contributed by atoms with E-state index in [9.17, 15) is 0 Å². The van der Waals surface area contributed by atoms with Gasteiger partial charge in [-0.2, -0.15) is 0 Å². The van der Waals surface area contributed by atoms with Crippen molar-refractivity contribution in [3.05, 3.63) is 26.1 Å². The minimum absolute atomic E-state index is 0.619. The van der Waals surface area contributed by atoms with Crippen LogP contribution in [0.1, 0.15) is 19.0 Å². The van der Waals surface area contributed by atoms with Crippen LogP contribution in [-0.2, 0) is 6.42 Å². The Bertz CT molecular complexity index is 556. The second-order valence-electron chi connectivity index (χ2n) is 3.76. The second kappa shape index (κ2) is 6.01. The smallest absolute Gasteiger partial charge is 0.197 e. The quantitative estimate of drug-likeness (QED) is 0.755. The van der Waals surface area contributed by atoms with E-state index in [1.165, 1.54) is 0 Å². The largest absolute Gasteiger partial charge is 0.446 e. The number of aryl methyl sites for hydroxylation is 1. The van der Waals surface area contributed by atoms with Crippen LogP contribution < -0.4 is 5.32 Å². The van der Waals surface area contributed by atoms with Crippen LogP contribution in [0.3, 0.4) is 0 Å². The Morgan fingerprint density at radius 2 is 2.17 bits per heavy atom. The third kappa shape index (κ3) is 2.85. The molecule has 0 aromatic carbocycles. The van der Waals surface area contributed by atoms with E-state index in [1.807, 2.05) is 19.2 Å². The van der Waals surface area contributed by atoms with Crippen molar-refractivity contribution in [1.82, 2.24) is 9.97 Å². The van der Waals surface area contributed by atoms with Crippen molar-refractivity contribution in [2.24, 2.45) is 0 Å². The zero-order valence-electron chi connectivity index (χ0n) is 10.1. The van der Waals surface area contributed by atoms with Crippen molar-refractivity contribution in [2.75, 3.05) is 12.4 Å². The summed E-state index contributed by atoms with van der Waals surface area (Å²) in [5.41, 5.74) is 1.06. The molecule has 1 N–H and O–H groups in total. The highest BCUT2D eigenvalue weighted by Crippen LogP contribution is 2.27. The molecule has 0 bridgehead atoms. The number of halogens is 2. The second-order valence-corrected chi connectivity index (χ2v) is 5.62. The van der Waals surface area contributed by atoms with Crippen LogP contribution in [0.2, 0.25) is 0 Å². The molecule has 2 heterocycles. The van der Waals surface area contributed by atoms with Crippen LogP contribution in [0, 0.1) is 3.57 Å². The molecule has 2 rings (SSSR count). The molecule has 96 valence electrons. The third-order valence-electron chi connectivity index (χ3n) is 2.44. The maximum Gasteiger partial charge on any atom is 0.197 e. The Balaban J connectivity index is 2.51. The number of nitrogens with zero attached hydrogens (tertiary/aromatic N) is 2. The van der Waals surface area contributed by atoms with Gasteiger partial charge in [0.15, 0.2) is 16.3 Å². The van der Waals surface area contributed by atoms with Gasteiger partial charge < -0.3 is 9.73 Å². The molecular formula is C12H13BrIN3O. The number of aromatic nitrogens is 2. The van der Waals surface area contributed by atoms with Gasteiger partial charge in [0.25, 0.3) is 0 Å². The number of furan rings is 1. The van der Waals surface area contributed by atoms with E-state index < -0.39 is 0 Å². The Morgan fingerprint density at radius 3 is 2.72 bits per heavy atom. The summed E-state index contributed by atoms with van der Waals surface area (Å²) in [5, 5.41) is 3.10. The summed E-state index contributed by atoms with van der Waals surface area (Å²) in [5.74, 6) is 2.14. The van der Waals surface area contributed by atoms with Crippen molar-refractivity contribution in [3.8, 4) is 11.6 Å². The van der Waals surface area contributed by atoms with Crippen LogP contribution >= 0.6 is 38.5 Å². The first-order valence-corrected chi connectivity index (χ1v) is 7.52. The SMILES string of the molecule is CCCc1nc(-c2ccc(Br)o2)nc(NC)c1I. The minimum atomic E-state index is 0.619. The van der Waals surface area contributed by atoms with E-state index in [2.05, 4.69) is 60.7 Å². The van der Waals surface area contributed by atoms with Gasteiger partial charge in [0, 0.05) is 7.05 Å². The lowest BCUT2D eigenvalue weighted by molar-refractivity contribution is 0.550. The van der Waals surface area contributed by atoms with E-state index in [-0.39, 0.29) is 0 Å². The molecule has 0 saturated heterocycles. The first kappa shape index (κ1) is 13.8. The Labute approximate surface area is 128 Å². The van der Waals surface area contributed by atoms with E-state index >= 15 is 0 Å². The molecule has 0 aliphatic heterocycles. The molecule has 4 nitrogen and oxygen atoms in total. The van der Waals surface area contributed by atoms with Gasteiger partial charge in [0.05, 0.1) is 9.26 Å². The van der Waals surface area contributed by atoms with E-state index in [0.717, 1.165) is 27.9 Å². The topological polar surface area (TPSA) is 51.0 Å². The number of rotatable bonds is 4. The fourth-order valence-corrected chi connectivity index (χ4v) is 2.69. The molecule has 2 aromatic rings. The fraction of sp³-hybridized carbons (Fsp3) is 0.333. The van der Waals surface area contributed by atoms with E-state index in [0.29, 0.717) is 16.3 Å². The highest BCUT2D eigenvalue weighted by molar-refractivity contribution is 14.1. The van der Waals surface area contributed by atoms with Crippen molar-refractivity contribution >= 4 is 44.3 Å². The minimum Gasteiger partial charge on any atom is -0.446 e. The van der Waals surface area contributed by atoms with Crippen molar-refractivity contribution in [2.45, 2.75) is 19.8 Å². The van der Waals surface area contributed by atoms with Crippen molar-refractivity contribution < 1.29 is 4.42 Å². The summed E-state index contributed by atoms with van der Waals surface area (Å²) in [7, 11) is 1.86. The lowest BCUT2D eigenvalue weighted by atomic mass is 10.2. The summed E-state index contributed by atoms with van der Waals surface area (Å²) in [6, 6.07) is 3.71. The normalized spacial score (nSPS) is 10.7. The molecule has 0 radical (unpaired) electrons. The molecular weight excluding hydrogens is 409 g/mol. The average molecular weight is 422 g/mol. The molecule has 0 aliphatic rings. The third-order valence-corrected chi connectivity index (χ3v) is 4.00. The summed E-state index contributed by atoms with van der Waals surface area (Å²) in [6.07, 6.45) is 1.99. The first-order chi connectivity index (χ1) is 8.65. The Morgan fingerprint density at radius 1 is 1.39 bits per heavy atom. The molecule has 0 aliphatic carbocycles. The summed E-state index contributed by atoms with van der Waals surface area (Å²) >= 11 is 5.57. The number of anilines is 1. The molecule has 0 atom stereocenters. The average Bonchev–Trinajstić information content (AvgIpc) is 2.79. The fourth-order valence-electron chi connectivity index (χ4n) is 1.61.